The van der Waals surface area contributed by atoms with Gasteiger partial charge in [-0.2, -0.15) is 0 Å². The van der Waals surface area contributed by atoms with Crippen molar-refractivity contribution in [2.45, 2.75) is 56.6 Å². The lowest BCUT2D eigenvalue weighted by Crippen LogP contribution is -2.47. The summed E-state index contributed by atoms with van der Waals surface area (Å²) >= 11 is 1.38. The van der Waals surface area contributed by atoms with Crippen molar-refractivity contribution in [2.24, 2.45) is 17.6 Å². The first-order valence-corrected chi connectivity index (χ1v) is 12.4. The summed E-state index contributed by atoms with van der Waals surface area (Å²) < 4.78 is 27.2. The van der Waals surface area contributed by atoms with Crippen molar-refractivity contribution < 1.29 is 23.5 Å². The Balaban J connectivity index is 1.50. The van der Waals surface area contributed by atoms with Gasteiger partial charge >= 0.3 is 0 Å². The standard InChI is InChI=1S/C24H27F2N5O3S/c25-24(26)7-5-14(6-8-24)16(22(27)33)10-21(32)19(9-15-12-35-13-29-15)31-23(34)20-11-28-17-3-1-2-4-18(17)30-20/h1-4,11-14,16,19,21,32H,5-10H2,(H2,27,33)(H,31,34). The van der Waals surface area contributed by atoms with Gasteiger partial charge in [0.05, 0.1) is 40.6 Å². The molecular formula is C24H27F2N5O3S. The molecule has 11 heteroatoms. The Morgan fingerprint density at radius 1 is 1.20 bits per heavy atom. The molecule has 2 aromatic heterocycles. The Kier molecular flexibility index (Phi) is 7.66. The van der Waals surface area contributed by atoms with Gasteiger partial charge in [-0.15, -0.1) is 11.3 Å². The first-order valence-electron chi connectivity index (χ1n) is 11.5. The average molecular weight is 504 g/mol. The monoisotopic (exact) mass is 503 g/mol. The van der Waals surface area contributed by atoms with Crippen molar-refractivity contribution in [2.75, 3.05) is 0 Å². The van der Waals surface area contributed by atoms with Gasteiger partial charge in [0.2, 0.25) is 11.8 Å². The molecule has 0 bridgehead atoms. The number of nitrogens with one attached hydrogen (secondary N) is 1. The number of carbonyl (C=O) groups is 2. The minimum atomic E-state index is -2.74. The number of rotatable bonds is 9. The molecular weight excluding hydrogens is 476 g/mol. The molecule has 1 saturated carbocycles. The third kappa shape index (κ3) is 6.34. The third-order valence-corrected chi connectivity index (χ3v) is 7.20. The molecule has 2 amide bonds. The summed E-state index contributed by atoms with van der Waals surface area (Å²) in [6.07, 6.45) is 0.0586. The Morgan fingerprint density at radius 3 is 2.57 bits per heavy atom. The maximum Gasteiger partial charge on any atom is 0.271 e. The van der Waals surface area contributed by atoms with Crippen molar-refractivity contribution in [1.29, 1.82) is 0 Å². The lowest BCUT2D eigenvalue weighted by atomic mass is 9.75. The lowest BCUT2D eigenvalue weighted by molar-refractivity contribution is -0.127. The second-order valence-corrected chi connectivity index (χ2v) is 9.73. The van der Waals surface area contributed by atoms with Crippen LogP contribution in [-0.4, -0.2) is 49.9 Å². The van der Waals surface area contributed by atoms with Crippen LogP contribution in [0.4, 0.5) is 8.78 Å². The number of benzene rings is 1. The molecule has 8 nitrogen and oxygen atoms in total. The molecule has 4 N–H and O–H groups in total. The van der Waals surface area contributed by atoms with Crippen LogP contribution >= 0.6 is 11.3 Å². The lowest BCUT2D eigenvalue weighted by Gasteiger charge is -2.34. The van der Waals surface area contributed by atoms with Gasteiger partial charge in [0.25, 0.3) is 5.91 Å². The Bertz CT molecular complexity index is 1170. The Morgan fingerprint density at radius 2 is 1.91 bits per heavy atom. The largest absolute Gasteiger partial charge is 0.391 e. The molecule has 1 aliphatic rings. The van der Waals surface area contributed by atoms with E-state index in [1.165, 1.54) is 17.5 Å². The highest BCUT2D eigenvalue weighted by Gasteiger charge is 2.40. The number of nitrogens with two attached hydrogens (primary N) is 1. The van der Waals surface area contributed by atoms with Gasteiger partial charge in [-0.05, 0) is 37.3 Å². The number of aromatic nitrogens is 3. The predicted molar refractivity (Wildman–Crippen MR) is 127 cm³/mol. The fourth-order valence-corrected chi connectivity index (χ4v) is 5.16. The second kappa shape index (κ2) is 10.7. The Hall–Kier alpha value is -3.05. The smallest absolute Gasteiger partial charge is 0.271 e. The van der Waals surface area contributed by atoms with Crippen LogP contribution in [0.15, 0.2) is 41.4 Å². The van der Waals surface area contributed by atoms with Crippen LogP contribution in [0, 0.1) is 11.8 Å². The van der Waals surface area contributed by atoms with E-state index in [0.717, 1.165) is 0 Å². The van der Waals surface area contributed by atoms with E-state index in [1.807, 2.05) is 6.07 Å². The van der Waals surface area contributed by atoms with Crippen LogP contribution < -0.4 is 11.1 Å². The summed E-state index contributed by atoms with van der Waals surface area (Å²) in [5.41, 5.74) is 9.20. The minimum absolute atomic E-state index is 0.0515. The summed E-state index contributed by atoms with van der Waals surface area (Å²) in [4.78, 5) is 38.1. The Labute approximate surface area is 205 Å². The van der Waals surface area contributed by atoms with Crippen LogP contribution in [0.25, 0.3) is 11.0 Å². The maximum absolute atomic E-state index is 13.6. The van der Waals surface area contributed by atoms with E-state index in [2.05, 4.69) is 20.3 Å². The van der Waals surface area contributed by atoms with Crippen molar-refractivity contribution in [3.05, 3.63) is 52.7 Å². The number of alkyl halides is 2. The van der Waals surface area contributed by atoms with Crippen LogP contribution in [0.1, 0.15) is 48.3 Å². The summed E-state index contributed by atoms with van der Waals surface area (Å²) in [6.45, 7) is 0. The molecule has 3 unspecified atom stereocenters. The fourth-order valence-electron chi connectivity index (χ4n) is 4.59. The molecule has 3 atom stereocenters. The molecule has 1 aliphatic carbocycles. The minimum Gasteiger partial charge on any atom is -0.391 e. The van der Waals surface area contributed by atoms with Gasteiger partial charge in [0.15, 0.2) is 0 Å². The highest BCUT2D eigenvalue weighted by molar-refractivity contribution is 7.07. The van der Waals surface area contributed by atoms with Crippen LogP contribution in [0.2, 0.25) is 0 Å². The summed E-state index contributed by atoms with van der Waals surface area (Å²) in [7, 11) is 0. The van der Waals surface area contributed by atoms with Gasteiger partial charge in [0.1, 0.15) is 5.69 Å². The zero-order chi connectivity index (χ0) is 25.0. The number of aliphatic hydroxyl groups excluding tert-OH is 1. The van der Waals surface area contributed by atoms with E-state index >= 15 is 0 Å². The predicted octanol–water partition coefficient (Wildman–Crippen LogP) is 3.11. The van der Waals surface area contributed by atoms with Crippen molar-refractivity contribution in [3.8, 4) is 0 Å². The number of hydrogen-bond donors (Lipinski definition) is 3. The molecule has 3 aromatic rings. The van der Waals surface area contributed by atoms with Crippen LogP contribution in [0.5, 0.6) is 0 Å². The van der Waals surface area contributed by atoms with E-state index in [-0.39, 0.29) is 50.1 Å². The number of amides is 2. The number of fused-ring (bicyclic) bond motifs is 1. The topological polar surface area (TPSA) is 131 Å². The third-order valence-electron chi connectivity index (χ3n) is 6.57. The SMILES string of the molecule is NC(=O)C(CC(O)C(Cc1cscn1)NC(=O)c1cnc2ccccc2n1)C1CCC(F)(F)CC1. The molecule has 186 valence electrons. The second-order valence-electron chi connectivity index (χ2n) is 9.01. The first-order chi connectivity index (χ1) is 16.7. The summed E-state index contributed by atoms with van der Waals surface area (Å²) in [5, 5.41) is 15.7. The van der Waals surface area contributed by atoms with E-state index in [1.54, 1.807) is 29.1 Å². The van der Waals surface area contributed by atoms with E-state index in [4.69, 9.17) is 5.73 Å². The number of carbonyl (C=O) groups excluding carboxylic acids is 2. The number of nitrogens with zero attached hydrogens (tertiary/aromatic N) is 3. The molecule has 1 fully saturated rings. The van der Waals surface area contributed by atoms with Gasteiger partial charge in [-0.1, -0.05) is 12.1 Å². The van der Waals surface area contributed by atoms with E-state index in [0.29, 0.717) is 16.7 Å². The van der Waals surface area contributed by atoms with E-state index < -0.39 is 35.8 Å². The maximum atomic E-state index is 13.6. The quantitative estimate of drug-likeness (QED) is 0.411. The zero-order valence-corrected chi connectivity index (χ0v) is 19.8. The number of para-hydroxylation sites is 2. The fraction of sp³-hybridized carbons (Fsp3) is 0.458. The molecule has 4 rings (SSSR count). The zero-order valence-electron chi connectivity index (χ0n) is 18.9. The van der Waals surface area contributed by atoms with Crippen LogP contribution in [-0.2, 0) is 11.2 Å². The van der Waals surface area contributed by atoms with Crippen molar-refractivity contribution in [1.82, 2.24) is 20.3 Å². The van der Waals surface area contributed by atoms with Gasteiger partial charge < -0.3 is 16.2 Å². The number of halogens is 2. The highest BCUT2D eigenvalue weighted by Crippen LogP contribution is 2.40. The highest BCUT2D eigenvalue weighted by atomic mass is 32.1. The molecule has 1 aromatic carbocycles. The number of aliphatic hydroxyl groups is 1. The van der Waals surface area contributed by atoms with Crippen LogP contribution in [0.3, 0.4) is 0 Å². The van der Waals surface area contributed by atoms with Crippen molar-refractivity contribution in [3.63, 3.8) is 0 Å². The number of primary amides is 1. The first kappa shape index (κ1) is 25.1. The molecule has 0 aliphatic heterocycles. The van der Waals surface area contributed by atoms with Crippen molar-refractivity contribution >= 4 is 34.2 Å². The molecule has 0 saturated heterocycles. The molecule has 35 heavy (non-hydrogen) atoms. The molecule has 0 spiro atoms. The molecule has 2 heterocycles. The normalized spacial score (nSPS) is 18.6. The number of hydrogen-bond acceptors (Lipinski definition) is 7. The van der Waals surface area contributed by atoms with Gasteiger partial charge in [-0.25, -0.2) is 18.7 Å². The molecule has 0 radical (unpaired) electrons. The summed E-state index contributed by atoms with van der Waals surface area (Å²) in [6, 6.07) is 6.33. The van der Waals surface area contributed by atoms with E-state index in [9.17, 15) is 23.5 Å². The van der Waals surface area contributed by atoms with Gasteiger partial charge in [-0.3, -0.25) is 14.6 Å². The summed E-state index contributed by atoms with van der Waals surface area (Å²) in [5.74, 6) is -5.03. The average Bonchev–Trinajstić information content (AvgIpc) is 3.35. The van der Waals surface area contributed by atoms with Gasteiger partial charge in [0, 0.05) is 30.6 Å². The number of thiazole rings is 1.